The minimum Gasteiger partial charge on any atom is -0.341 e. The molecule has 22 heavy (non-hydrogen) atoms. The predicted octanol–water partition coefficient (Wildman–Crippen LogP) is 2.38. The zero-order valence-corrected chi connectivity index (χ0v) is 13.9. The first-order valence-corrected chi connectivity index (χ1v) is 8.98. The van der Waals surface area contributed by atoms with E-state index in [9.17, 15) is 9.59 Å². The van der Waals surface area contributed by atoms with Gasteiger partial charge in [0.05, 0.1) is 5.92 Å². The van der Waals surface area contributed by atoms with Crippen LogP contribution in [0.2, 0.25) is 0 Å². The van der Waals surface area contributed by atoms with Crippen LogP contribution >= 0.6 is 11.8 Å². The number of hydrogen-bond donors (Lipinski definition) is 0. The first-order valence-electron chi connectivity index (χ1n) is 7.76. The van der Waals surface area contributed by atoms with Gasteiger partial charge in [-0.3, -0.25) is 9.59 Å². The zero-order valence-electron chi connectivity index (χ0n) is 13.1. The number of nitrogens with zero attached hydrogens (tertiary/aromatic N) is 2. The summed E-state index contributed by atoms with van der Waals surface area (Å²) in [4.78, 5) is 29.4. The van der Waals surface area contributed by atoms with E-state index >= 15 is 0 Å². The topological polar surface area (TPSA) is 40.6 Å². The average molecular weight is 318 g/mol. The summed E-state index contributed by atoms with van der Waals surface area (Å²) < 4.78 is 0. The van der Waals surface area contributed by atoms with Gasteiger partial charge in [-0.05, 0) is 36.8 Å². The highest BCUT2D eigenvalue weighted by molar-refractivity contribution is 7.98. The van der Waals surface area contributed by atoms with Crippen molar-refractivity contribution >= 4 is 23.6 Å². The lowest BCUT2D eigenvalue weighted by molar-refractivity contribution is -0.135. The third kappa shape index (κ3) is 3.29. The van der Waals surface area contributed by atoms with Gasteiger partial charge in [-0.2, -0.15) is 0 Å². The SMILES string of the molecule is CSc1cccc(CN(C)C(=O)[C@@H]2CC(=O)N(C3CC3)C2)c1. The maximum Gasteiger partial charge on any atom is 0.228 e. The molecule has 2 amide bonds. The molecule has 2 aliphatic rings. The molecule has 2 fully saturated rings. The Kier molecular flexibility index (Phi) is 4.43. The fourth-order valence-electron chi connectivity index (χ4n) is 3.07. The molecule has 1 aromatic rings. The predicted molar refractivity (Wildman–Crippen MR) is 87.5 cm³/mol. The van der Waals surface area contributed by atoms with E-state index in [0.29, 0.717) is 25.6 Å². The highest BCUT2D eigenvalue weighted by atomic mass is 32.2. The summed E-state index contributed by atoms with van der Waals surface area (Å²) in [6.45, 7) is 1.21. The Morgan fingerprint density at radius 2 is 2.18 bits per heavy atom. The maximum absolute atomic E-state index is 12.6. The van der Waals surface area contributed by atoms with E-state index in [-0.39, 0.29) is 17.7 Å². The molecule has 1 atom stereocenters. The molecule has 1 aliphatic carbocycles. The molecule has 0 spiro atoms. The van der Waals surface area contributed by atoms with Crippen molar-refractivity contribution in [3.8, 4) is 0 Å². The summed E-state index contributed by atoms with van der Waals surface area (Å²) in [6, 6.07) is 8.66. The van der Waals surface area contributed by atoms with E-state index in [1.807, 2.05) is 30.3 Å². The van der Waals surface area contributed by atoms with Gasteiger partial charge in [-0.15, -0.1) is 11.8 Å². The number of thioether (sulfide) groups is 1. The molecule has 4 nitrogen and oxygen atoms in total. The Bertz CT molecular complexity index is 586. The lowest BCUT2D eigenvalue weighted by atomic mass is 10.1. The Morgan fingerprint density at radius 1 is 1.41 bits per heavy atom. The largest absolute Gasteiger partial charge is 0.341 e. The molecule has 5 heteroatoms. The molecule has 3 rings (SSSR count). The van der Waals surface area contributed by atoms with Crippen molar-refractivity contribution in [2.24, 2.45) is 5.92 Å². The quantitative estimate of drug-likeness (QED) is 0.783. The Labute approximate surface area is 135 Å². The lowest BCUT2D eigenvalue weighted by Crippen LogP contribution is -2.34. The van der Waals surface area contributed by atoms with Gasteiger partial charge in [-0.1, -0.05) is 12.1 Å². The highest BCUT2D eigenvalue weighted by Crippen LogP contribution is 2.33. The number of amides is 2. The van der Waals surface area contributed by atoms with Crippen LogP contribution in [0, 0.1) is 5.92 Å². The molecule has 0 bridgehead atoms. The number of rotatable bonds is 5. The standard InChI is InChI=1S/C17H22N2O2S/c1-18(10-12-4-3-5-15(8-12)22-2)17(21)13-9-16(20)19(11-13)14-6-7-14/h3-5,8,13-14H,6-7,9-11H2,1-2H3/t13-/m1/s1. The molecule has 0 aromatic heterocycles. The third-order valence-electron chi connectivity index (χ3n) is 4.43. The summed E-state index contributed by atoms with van der Waals surface area (Å²) in [5, 5.41) is 0. The fraction of sp³-hybridized carbons (Fsp3) is 0.529. The van der Waals surface area contributed by atoms with Gasteiger partial charge in [-0.25, -0.2) is 0 Å². The molecular weight excluding hydrogens is 296 g/mol. The Morgan fingerprint density at radius 3 is 2.86 bits per heavy atom. The normalized spacial score (nSPS) is 21.3. The Hall–Kier alpha value is -1.49. The third-order valence-corrected chi connectivity index (χ3v) is 5.15. The summed E-state index contributed by atoms with van der Waals surface area (Å²) in [5.41, 5.74) is 1.13. The average Bonchev–Trinajstić information content (AvgIpc) is 3.29. The number of likely N-dealkylation sites (tertiary alicyclic amines) is 1. The summed E-state index contributed by atoms with van der Waals surface area (Å²) in [7, 11) is 1.83. The maximum atomic E-state index is 12.6. The van der Waals surface area contributed by atoms with Crippen molar-refractivity contribution in [2.45, 2.75) is 36.7 Å². The molecule has 1 aromatic carbocycles. The van der Waals surface area contributed by atoms with E-state index in [4.69, 9.17) is 0 Å². The van der Waals surface area contributed by atoms with Crippen molar-refractivity contribution in [3.05, 3.63) is 29.8 Å². The van der Waals surface area contributed by atoms with Gasteiger partial charge in [0.1, 0.15) is 0 Å². The molecule has 1 heterocycles. The van der Waals surface area contributed by atoms with E-state index in [1.165, 1.54) is 4.90 Å². The number of carbonyl (C=O) groups is 2. The van der Waals surface area contributed by atoms with E-state index < -0.39 is 0 Å². The first kappa shape index (κ1) is 15.4. The Balaban J connectivity index is 1.60. The van der Waals surface area contributed by atoms with Gasteiger partial charge in [0.15, 0.2) is 0 Å². The van der Waals surface area contributed by atoms with E-state index in [2.05, 4.69) is 12.1 Å². The zero-order chi connectivity index (χ0) is 15.7. The lowest BCUT2D eigenvalue weighted by Gasteiger charge is -2.21. The van der Waals surface area contributed by atoms with Gasteiger partial charge >= 0.3 is 0 Å². The molecule has 1 aliphatic heterocycles. The molecule has 0 radical (unpaired) electrons. The van der Waals surface area contributed by atoms with Crippen molar-refractivity contribution in [2.75, 3.05) is 19.8 Å². The molecule has 118 valence electrons. The van der Waals surface area contributed by atoms with Crippen molar-refractivity contribution in [1.29, 1.82) is 0 Å². The van der Waals surface area contributed by atoms with Gasteiger partial charge < -0.3 is 9.80 Å². The molecule has 0 N–H and O–H groups in total. The number of hydrogen-bond acceptors (Lipinski definition) is 3. The van der Waals surface area contributed by atoms with Crippen molar-refractivity contribution in [3.63, 3.8) is 0 Å². The summed E-state index contributed by atoms with van der Waals surface area (Å²) in [6.07, 6.45) is 4.63. The number of benzene rings is 1. The minimum absolute atomic E-state index is 0.0889. The van der Waals surface area contributed by atoms with Crippen LogP contribution in [0.3, 0.4) is 0 Å². The monoisotopic (exact) mass is 318 g/mol. The van der Waals surface area contributed by atoms with Gasteiger partial charge in [0.25, 0.3) is 0 Å². The van der Waals surface area contributed by atoms with Gasteiger partial charge in [0, 0.05) is 37.5 Å². The van der Waals surface area contributed by atoms with Crippen LogP contribution < -0.4 is 0 Å². The van der Waals surface area contributed by atoms with Crippen LogP contribution in [0.4, 0.5) is 0 Å². The van der Waals surface area contributed by atoms with Crippen LogP contribution in [0.25, 0.3) is 0 Å². The molecule has 1 saturated heterocycles. The van der Waals surface area contributed by atoms with E-state index in [0.717, 1.165) is 18.4 Å². The highest BCUT2D eigenvalue weighted by Gasteiger charge is 2.42. The van der Waals surface area contributed by atoms with Crippen LogP contribution in [0.15, 0.2) is 29.2 Å². The van der Waals surface area contributed by atoms with Crippen LogP contribution in [0.5, 0.6) is 0 Å². The van der Waals surface area contributed by atoms with Crippen LogP contribution in [-0.4, -0.2) is 47.5 Å². The molecular formula is C17H22N2O2S. The second-order valence-electron chi connectivity index (χ2n) is 6.22. The van der Waals surface area contributed by atoms with Crippen molar-refractivity contribution < 1.29 is 9.59 Å². The second kappa shape index (κ2) is 6.32. The molecule has 1 saturated carbocycles. The fourth-order valence-corrected chi connectivity index (χ4v) is 3.55. The van der Waals surface area contributed by atoms with Crippen molar-refractivity contribution in [1.82, 2.24) is 9.80 Å². The summed E-state index contributed by atoms with van der Waals surface area (Å²) >= 11 is 1.70. The van der Waals surface area contributed by atoms with Crippen LogP contribution in [-0.2, 0) is 16.1 Å². The number of carbonyl (C=O) groups excluding carboxylic acids is 2. The van der Waals surface area contributed by atoms with Crippen LogP contribution in [0.1, 0.15) is 24.8 Å². The van der Waals surface area contributed by atoms with Gasteiger partial charge in [0.2, 0.25) is 11.8 Å². The minimum atomic E-state index is -0.165. The molecule has 0 unspecified atom stereocenters. The smallest absolute Gasteiger partial charge is 0.228 e. The second-order valence-corrected chi connectivity index (χ2v) is 7.10. The first-order chi connectivity index (χ1) is 10.6. The summed E-state index contributed by atoms with van der Waals surface area (Å²) in [5.74, 6) is 0.0755. The van der Waals surface area contributed by atoms with E-state index in [1.54, 1.807) is 16.7 Å².